The van der Waals surface area contributed by atoms with Crippen LogP contribution in [0.4, 0.5) is 0 Å². The number of benzene rings is 1. The Kier molecular flexibility index (Phi) is 2.99. The summed E-state index contributed by atoms with van der Waals surface area (Å²) in [6.45, 7) is 0. The Morgan fingerprint density at radius 1 is 1.00 bits per heavy atom. The van der Waals surface area contributed by atoms with Gasteiger partial charge in [0.1, 0.15) is 0 Å². The Labute approximate surface area is 97.5 Å². The average molecular weight is 312 g/mol. The minimum atomic E-state index is 0.713. The molecule has 0 bridgehead atoms. The summed E-state index contributed by atoms with van der Waals surface area (Å²) in [5.41, 5.74) is 1.89. The van der Waals surface area contributed by atoms with Gasteiger partial charge in [-0.1, -0.05) is 0 Å². The molecule has 0 spiro atoms. The molecule has 1 heterocycles. The number of aromatic nitrogens is 2. The van der Waals surface area contributed by atoms with Crippen LogP contribution in [0.3, 0.4) is 0 Å². The molecule has 0 aliphatic rings. The van der Waals surface area contributed by atoms with Gasteiger partial charge < -0.3 is 0 Å². The van der Waals surface area contributed by atoms with E-state index >= 15 is 0 Å². The van der Waals surface area contributed by atoms with Gasteiger partial charge in [0.2, 0.25) is 0 Å². The fourth-order valence-electron chi connectivity index (χ4n) is 1.26. The molecule has 0 atom stereocenters. The van der Waals surface area contributed by atoms with Gasteiger partial charge in [0.05, 0.1) is 0 Å². The second-order valence-electron chi connectivity index (χ2n) is 2.72. The molecule has 0 saturated heterocycles. The molecular formula is C10H6N2Se2. The molecule has 0 unspecified atom stereocenters. The molecule has 1 aromatic heterocycles. The molecule has 0 fully saturated rings. The summed E-state index contributed by atoms with van der Waals surface area (Å²) >= 11 is 5.66. The second kappa shape index (κ2) is 4.24. The predicted octanol–water partition coefficient (Wildman–Crippen LogP) is 0.267. The van der Waals surface area contributed by atoms with Crippen molar-refractivity contribution in [3.05, 3.63) is 35.8 Å². The number of hydrogen-bond donors (Lipinski definition) is 0. The fourth-order valence-corrected chi connectivity index (χ4v) is 1.86. The van der Waals surface area contributed by atoms with Gasteiger partial charge in [0.15, 0.2) is 0 Å². The van der Waals surface area contributed by atoms with Crippen LogP contribution in [0, 0.1) is 0 Å². The van der Waals surface area contributed by atoms with Crippen LogP contribution in [0.1, 0.15) is 11.5 Å². The van der Waals surface area contributed by atoms with Gasteiger partial charge in [0, 0.05) is 0 Å². The summed E-state index contributed by atoms with van der Waals surface area (Å²) in [6.07, 6.45) is 0. The van der Waals surface area contributed by atoms with Crippen molar-refractivity contribution < 1.29 is 0 Å². The van der Waals surface area contributed by atoms with Crippen LogP contribution in [0.2, 0.25) is 0 Å². The van der Waals surface area contributed by atoms with Crippen LogP contribution in [0.25, 0.3) is 10.9 Å². The number of rotatable bonds is 2. The molecule has 0 aliphatic carbocycles. The zero-order valence-electron chi connectivity index (χ0n) is 7.18. The third kappa shape index (κ3) is 1.75. The van der Waals surface area contributed by atoms with Crippen molar-refractivity contribution in [3.63, 3.8) is 0 Å². The molecular weight excluding hydrogens is 306 g/mol. The van der Waals surface area contributed by atoms with Crippen molar-refractivity contribution >= 4 is 51.9 Å². The van der Waals surface area contributed by atoms with Crippen LogP contribution in [-0.2, 0) is 0 Å². The average Bonchev–Trinajstić information content (AvgIpc) is 2.27. The van der Waals surface area contributed by atoms with Crippen LogP contribution >= 0.6 is 0 Å². The molecule has 4 heteroatoms. The molecule has 0 amide bonds. The zero-order chi connectivity index (χ0) is 9.97. The Balaban J connectivity index is 2.86. The third-order valence-corrected chi connectivity index (χ3v) is 2.78. The molecule has 1 aromatic carbocycles. The third-order valence-electron chi connectivity index (χ3n) is 1.87. The van der Waals surface area contributed by atoms with E-state index in [9.17, 15) is 0 Å². The normalized spacial score (nSPS) is 10.0. The van der Waals surface area contributed by atoms with E-state index in [1.165, 1.54) is 0 Å². The first-order chi connectivity index (χ1) is 6.85. The maximum atomic E-state index is 4.37. The molecule has 0 saturated carbocycles. The SMILES string of the molecule is [Se]=Cc1nc(C=[Se])c2ccccc2n1. The standard InChI is InChI=1S/C10H6N2Se2/c13-5-9-7-3-1-2-4-8(7)11-10(6-14)12-9/h1-6H. The number of nitrogens with zero attached hydrogens (tertiary/aromatic N) is 2. The van der Waals surface area contributed by atoms with Gasteiger partial charge in [-0.05, 0) is 0 Å². The molecule has 0 radical (unpaired) electrons. The van der Waals surface area contributed by atoms with Crippen molar-refractivity contribution in [2.45, 2.75) is 0 Å². The van der Waals surface area contributed by atoms with Gasteiger partial charge in [-0.2, -0.15) is 0 Å². The number of fused-ring (bicyclic) bond motifs is 1. The van der Waals surface area contributed by atoms with Crippen LogP contribution in [-0.4, -0.2) is 51.0 Å². The van der Waals surface area contributed by atoms with Crippen molar-refractivity contribution in [1.29, 1.82) is 0 Å². The summed E-state index contributed by atoms with van der Waals surface area (Å²) in [5.74, 6) is 0.713. The quantitative estimate of drug-likeness (QED) is 0.744. The van der Waals surface area contributed by atoms with E-state index in [4.69, 9.17) is 0 Å². The summed E-state index contributed by atoms with van der Waals surface area (Å²) < 4.78 is 0. The van der Waals surface area contributed by atoms with Crippen LogP contribution < -0.4 is 0 Å². The summed E-state index contributed by atoms with van der Waals surface area (Å²) in [5, 5.41) is 1.07. The van der Waals surface area contributed by atoms with Gasteiger partial charge in [-0.25, -0.2) is 0 Å². The van der Waals surface area contributed by atoms with Gasteiger partial charge in [-0.15, -0.1) is 0 Å². The van der Waals surface area contributed by atoms with Crippen molar-refractivity contribution in [1.82, 2.24) is 9.97 Å². The predicted molar refractivity (Wildman–Crippen MR) is 61.4 cm³/mol. The molecule has 0 N–H and O–H groups in total. The maximum absolute atomic E-state index is 4.37. The summed E-state index contributed by atoms with van der Waals surface area (Å²) in [6, 6.07) is 7.96. The first-order valence-electron chi connectivity index (χ1n) is 4.02. The van der Waals surface area contributed by atoms with Gasteiger partial charge in [0.25, 0.3) is 0 Å². The van der Waals surface area contributed by atoms with E-state index in [0.29, 0.717) is 5.82 Å². The van der Waals surface area contributed by atoms with E-state index in [1.54, 1.807) is 4.92 Å². The van der Waals surface area contributed by atoms with Gasteiger partial charge >= 0.3 is 97.6 Å². The zero-order valence-corrected chi connectivity index (χ0v) is 10.6. The van der Waals surface area contributed by atoms with E-state index in [-0.39, 0.29) is 0 Å². The first-order valence-corrected chi connectivity index (χ1v) is 6.00. The molecule has 2 aromatic rings. The Morgan fingerprint density at radius 2 is 1.79 bits per heavy atom. The minimum absolute atomic E-state index is 0.713. The van der Waals surface area contributed by atoms with Crippen LogP contribution in [0.5, 0.6) is 0 Å². The molecule has 2 rings (SSSR count). The first kappa shape index (κ1) is 9.88. The number of para-hydroxylation sites is 1. The van der Waals surface area contributed by atoms with Crippen molar-refractivity contribution in [2.24, 2.45) is 0 Å². The second-order valence-corrected chi connectivity index (χ2v) is 3.71. The summed E-state index contributed by atoms with van der Waals surface area (Å²) in [4.78, 5) is 12.4. The Hall–Kier alpha value is -0.661. The van der Waals surface area contributed by atoms with E-state index in [2.05, 4.69) is 41.1 Å². The van der Waals surface area contributed by atoms with Gasteiger partial charge in [-0.3, -0.25) is 0 Å². The van der Waals surface area contributed by atoms with Crippen molar-refractivity contribution in [2.75, 3.05) is 0 Å². The molecule has 68 valence electrons. The van der Waals surface area contributed by atoms with E-state index in [0.717, 1.165) is 16.6 Å². The Bertz CT molecular complexity index is 508. The molecule has 0 aliphatic heterocycles. The fraction of sp³-hybridized carbons (Fsp3) is 0. The van der Waals surface area contributed by atoms with E-state index < -0.39 is 0 Å². The number of hydrogen-bond acceptors (Lipinski definition) is 2. The van der Waals surface area contributed by atoms with Crippen molar-refractivity contribution in [3.8, 4) is 0 Å². The van der Waals surface area contributed by atoms with Crippen LogP contribution in [0.15, 0.2) is 24.3 Å². The van der Waals surface area contributed by atoms with E-state index in [1.807, 2.05) is 29.2 Å². The topological polar surface area (TPSA) is 25.8 Å². The Morgan fingerprint density at radius 3 is 2.50 bits per heavy atom. The molecule has 14 heavy (non-hydrogen) atoms. The monoisotopic (exact) mass is 314 g/mol. The summed E-state index contributed by atoms with van der Waals surface area (Å²) in [7, 11) is 0. The molecule has 2 nitrogen and oxygen atoms in total.